The summed E-state index contributed by atoms with van der Waals surface area (Å²) in [4.78, 5) is 25.7. The second-order valence-corrected chi connectivity index (χ2v) is 7.14. The van der Waals surface area contributed by atoms with Gasteiger partial charge in [0.15, 0.2) is 5.54 Å². The van der Waals surface area contributed by atoms with E-state index in [0.717, 1.165) is 19.8 Å². The van der Waals surface area contributed by atoms with E-state index >= 15 is 0 Å². The van der Waals surface area contributed by atoms with E-state index in [9.17, 15) is 23.7 Å². The van der Waals surface area contributed by atoms with Gasteiger partial charge in [0.05, 0.1) is 6.54 Å². The van der Waals surface area contributed by atoms with E-state index in [1.807, 2.05) is 0 Å². The zero-order valence-corrected chi connectivity index (χ0v) is 15.3. The maximum atomic E-state index is 14.7. The molecule has 4 rings (SSSR count). The van der Waals surface area contributed by atoms with Gasteiger partial charge in [-0.05, 0) is 29.4 Å². The number of amides is 2. The van der Waals surface area contributed by atoms with Gasteiger partial charge in [-0.1, -0.05) is 29.0 Å². The zero-order chi connectivity index (χ0) is 20.8. The maximum absolute atomic E-state index is 14.7. The number of alkyl halides is 2. The Morgan fingerprint density at radius 1 is 1.45 bits per heavy atom. The minimum absolute atomic E-state index is 0.0758. The molecule has 1 aromatic carbocycles. The number of aromatic nitrogens is 3. The molecule has 150 valence electrons. The number of benzene rings is 1. The molecule has 9 nitrogen and oxygen atoms in total. The fraction of sp³-hybridized carbons (Fsp3) is 0.389. The number of urea groups is 1. The van der Waals surface area contributed by atoms with Crippen LogP contribution in [0.5, 0.6) is 0 Å². The van der Waals surface area contributed by atoms with Gasteiger partial charge < -0.3 is 20.7 Å². The van der Waals surface area contributed by atoms with Crippen LogP contribution in [-0.4, -0.2) is 31.6 Å². The van der Waals surface area contributed by atoms with Crippen LogP contribution in [0.4, 0.5) is 25.2 Å². The summed E-state index contributed by atoms with van der Waals surface area (Å²) in [6.07, 6.45) is 2.92. The highest BCUT2D eigenvalue weighted by Gasteiger charge is 2.55. The molecule has 1 saturated carbocycles. The van der Waals surface area contributed by atoms with Gasteiger partial charge in [-0.2, -0.15) is 4.68 Å². The third-order valence-electron chi connectivity index (χ3n) is 4.77. The number of nitrogens with one attached hydrogen (secondary N) is 2. The Morgan fingerprint density at radius 3 is 2.83 bits per heavy atom. The van der Waals surface area contributed by atoms with Crippen molar-refractivity contribution < 1.29 is 18.5 Å². The van der Waals surface area contributed by atoms with Crippen molar-refractivity contribution in [3.8, 4) is 11.8 Å². The number of rotatable bonds is 4. The molecule has 0 saturated heterocycles. The molecule has 1 aliphatic heterocycles. The Kier molecular flexibility index (Phi) is 4.22. The fourth-order valence-electron chi connectivity index (χ4n) is 3.14. The smallest absolute Gasteiger partial charge is 0.390 e. The maximum Gasteiger partial charge on any atom is 0.490 e. The second-order valence-electron chi connectivity index (χ2n) is 7.14. The molecular weight excluding hydrogens is 386 g/mol. The first-order valence-corrected chi connectivity index (χ1v) is 8.85. The Labute approximate surface area is 163 Å². The molecule has 2 N–H and O–H groups in total. The summed E-state index contributed by atoms with van der Waals surface area (Å²) in [6.45, 7) is 0.840. The highest BCUT2D eigenvalue weighted by atomic mass is 19.3. The molecule has 2 heterocycles. The van der Waals surface area contributed by atoms with Crippen molar-refractivity contribution in [2.45, 2.75) is 37.8 Å². The van der Waals surface area contributed by atoms with Gasteiger partial charge in [0.2, 0.25) is 6.33 Å². The van der Waals surface area contributed by atoms with Crippen molar-refractivity contribution in [1.29, 1.82) is 0 Å². The van der Waals surface area contributed by atoms with Crippen molar-refractivity contribution >= 4 is 17.7 Å². The van der Waals surface area contributed by atoms with Crippen molar-refractivity contribution in [3.05, 3.63) is 45.8 Å². The first kappa shape index (κ1) is 18.8. The predicted octanol–water partition coefficient (Wildman–Crippen LogP) is 2.63. The number of carbonyl (C=O) groups excluding carboxylic acids is 1. The van der Waals surface area contributed by atoms with Gasteiger partial charge in [0.1, 0.15) is 0 Å². The fourth-order valence-corrected chi connectivity index (χ4v) is 3.14. The minimum atomic E-state index is -3.34. The minimum Gasteiger partial charge on any atom is -0.390 e. The topological polar surface area (TPSA) is 115 Å². The Hall–Kier alpha value is -3.55. The van der Waals surface area contributed by atoms with Crippen molar-refractivity contribution in [2.24, 2.45) is 5.92 Å². The quantitative estimate of drug-likeness (QED) is 0.463. The summed E-state index contributed by atoms with van der Waals surface area (Å²) in [5, 5.41) is 19.3. The van der Waals surface area contributed by atoms with Crippen LogP contribution in [0.2, 0.25) is 0 Å². The van der Waals surface area contributed by atoms with E-state index in [1.54, 1.807) is 6.07 Å². The van der Waals surface area contributed by atoms with Crippen molar-refractivity contribution in [2.75, 3.05) is 5.32 Å². The second kappa shape index (κ2) is 6.51. The SMILES string of the molecule is CC(F)(F)[C@@]1(C#CC2CC2)NC(=O)Nc2cc(Cn3cnc([N+](=O)[O-])n3)ccc21. The third kappa shape index (κ3) is 3.49. The highest BCUT2D eigenvalue weighted by Crippen LogP contribution is 2.43. The number of nitro groups is 1. The lowest BCUT2D eigenvalue weighted by molar-refractivity contribution is -0.394. The van der Waals surface area contributed by atoms with Crippen molar-refractivity contribution in [1.82, 2.24) is 20.1 Å². The largest absolute Gasteiger partial charge is 0.490 e. The summed E-state index contributed by atoms with van der Waals surface area (Å²) in [5.74, 6) is 1.67. The molecule has 2 aliphatic rings. The Bertz CT molecular complexity index is 1060. The average Bonchev–Trinajstić information content (AvgIpc) is 3.35. The van der Waals surface area contributed by atoms with E-state index in [-0.39, 0.29) is 23.7 Å². The van der Waals surface area contributed by atoms with Crippen LogP contribution in [0, 0.1) is 27.9 Å². The first-order valence-electron chi connectivity index (χ1n) is 8.85. The number of fused-ring (bicyclic) bond motifs is 1. The standard InChI is InChI=1S/C18H16F2N6O3/c1-17(19,20)18(7-6-11-2-3-11)13-5-4-12(8-14(13)22-16(27)23-18)9-25-10-21-15(24-25)26(28)29/h4-5,8,10-11H,2-3,9H2,1H3,(H2,22,23,27)/t18-/m0/s1. The lowest BCUT2D eigenvalue weighted by atomic mass is 9.81. The van der Waals surface area contributed by atoms with E-state index < -0.39 is 28.4 Å². The normalized spacial score (nSPS) is 20.7. The van der Waals surface area contributed by atoms with Crippen LogP contribution >= 0.6 is 0 Å². The number of hydrogen-bond donors (Lipinski definition) is 2. The number of halogens is 2. The predicted molar refractivity (Wildman–Crippen MR) is 97.2 cm³/mol. The first-order chi connectivity index (χ1) is 13.7. The van der Waals surface area contributed by atoms with Crippen LogP contribution in [0.15, 0.2) is 24.5 Å². The molecule has 1 atom stereocenters. The third-order valence-corrected chi connectivity index (χ3v) is 4.77. The van der Waals surface area contributed by atoms with E-state index in [4.69, 9.17) is 0 Å². The Morgan fingerprint density at radius 2 is 2.21 bits per heavy atom. The summed E-state index contributed by atoms with van der Waals surface area (Å²) in [7, 11) is 0. The van der Waals surface area contributed by atoms with Gasteiger partial charge in [0.25, 0.3) is 5.92 Å². The highest BCUT2D eigenvalue weighted by molar-refractivity contribution is 5.95. The molecule has 29 heavy (non-hydrogen) atoms. The number of carbonyl (C=O) groups is 1. The summed E-state index contributed by atoms with van der Waals surface area (Å²) in [5.41, 5.74) is -1.19. The molecule has 1 aromatic heterocycles. The molecule has 0 spiro atoms. The molecule has 2 amide bonds. The molecule has 0 radical (unpaired) electrons. The number of anilines is 1. The molecule has 1 fully saturated rings. The van der Waals surface area contributed by atoms with Gasteiger partial charge >= 0.3 is 12.0 Å². The van der Waals surface area contributed by atoms with E-state index in [0.29, 0.717) is 5.56 Å². The summed E-state index contributed by atoms with van der Waals surface area (Å²) in [6, 6.07) is 3.81. The van der Waals surface area contributed by atoms with Gasteiger partial charge in [-0.25, -0.2) is 13.6 Å². The molecular formula is C18H16F2N6O3. The van der Waals surface area contributed by atoms with Crippen LogP contribution in [0.3, 0.4) is 0 Å². The van der Waals surface area contributed by atoms with E-state index in [2.05, 4.69) is 32.6 Å². The summed E-state index contributed by atoms with van der Waals surface area (Å²) < 4.78 is 30.6. The van der Waals surface area contributed by atoms with Gasteiger partial charge in [-0.15, -0.1) is 0 Å². The van der Waals surface area contributed by atoms with Gasteiger partial charge in [0, 0.05) is 29.2 Å². The lowest BCUT2D eigenvalue weighted by Gasteiger charge is -2.40. The number of nitrogens with zero attached hydrogens (tertiary/aromatic N) is 4. The molecule has 0 unspecified atom stereocenters. The van der Waals surface area contributed by atoms with Crippen LogP contribution < -0.4 is 10.6 Å². The summed E-state index contributed by atoms with van der Waals surface area (Å²) >= 11 is 0. The van der Waals surface area contributed by atoms with Crippen molar-refractivity contribution in [3.63, 3.8) is 0 Å². The molecule has 1 aliphatic carbocycles. The molecule has 11 heteroatoms. The van der Waals surface area contributed by atoms with E-state index in [1.165, 1.54) is 23.1 Å². The lowest BCUT2D eigenvalue weighted by Crippen LogP contribution is -2.59. The van der Waals surface area contributed by atoms with Crippen LogP contribution in [0.25, 0.3) is 0 Å². The number of hydrogen-bond acceptors (Lipinski definition) is 5. The molecule has 2 aromatic rings. The zero-order valence-electron chi connectivity index (χ0n) is 15.3. The van der Waals surface area contributed by atoms with Crippen LogP contribution in [-0.2, 0) is 12.1 Å². The Balaban J connectivity index is 1.72. The van der Waals surface area contributed by atoms with Crippen LogP contribution in [0.1, 0.15) is 30.9 Å². The monoisotopic (exact) mass is 402 g/mol. The van der Waals surface area contributed by atoms with Gasteiger partial charge in [-0.3, -0.25) is 0 Å². The molecule has 0 bridgehead atoms. The average molecular weight is 402 g/mol.